The SMILES string of the molecule is CC(=O)Oc1cc(O)cc(CCc2ccc(O)c(CC=C(C)C)c2)c1. The third-order valence-corrected chi connectivity index (χ3v) is 3.79. The Hall–Kier alpha value is -2.75. The predicted molar refractivity (Wildman–Crippen MR) is 98.1 cm³/mol. The van der Waals surface area contributed by atoms with Crippen LogP contribution in [0.3, 0.4) is 0 Å². The van der Waals surface area contributed by atoms with Crippen LogP contribution >= 0.6 is 0 Å². The van der Waals surface area contributed by atoms with Gasteiger partial charge >= 0.3 is 5.97 Å². The highest BCUT2D eigenvalue weighted by Crippen LogP contribution is 2.24. The molecule has 4 heteroatoms. The van der Waals surface area contributed by atoms with E-state index >= 15 is 0 Å². The van der Waals surface area contributed by atoms with Crippen molar-refractivity contribution in [1.29, 1.82) is 0 Å². The predicted octanol–water partition coefficient (Wildman–Crippen LogP) is 4.32. The van der Waals surface area contributed by atoms with E-state index in [4.69, 9.17) is 4.74 Å². The van der Waals surface area contributed by atoms with Crippen molar-refractivity contribution >= 4 is 5.97 Å². The van der Waals surface area contributed by atoms with E-state index in [2.05, 4.69) is 6.08 Å². The third-order valence-electron chi connectivity index (χ3n) is 3.79. The molecule has 2 aromatic carbocycles. The molecule has 2 N–H and O–H groups in total. The van der Waals surface area contributed by atoms with Gasteiger partial charge in [0.2, 0.25) is 0 Å². The lowest BCUT2D eigenvalue weighted by molar-refractivity contribution is -0.131. The average Bonchev–Trinajstić information content (AvgIpc) is 2.51. The van der Waals surface area contributed by atoms with Crippen molar-refractivity contribution in [3.8, 4) is 17.2 Å². The molecule has 2 aromatic rings. The van der Waals surface area contributed by atoms with Crippen LogP contribution in [0, 0.1) is 0 Å². The van der Waals surface area contributed by atoms with E-state index < -0.39 is 5.97 Å². The van der Waals surface area contributed by atoms with Gasteiger partial charge in [-0.1, -0.05) is 23.8 Å². The van der Waals surface area contributed by atoms with Crippen molar-refractivity contribution < 1.29 is 19.7 Å². The molecule has 0 radical (unpaired) electrons. The summed E-state index contributed by atoms with van der Waals surface area (Å²) < 4.78 is 5.04. The summed E-state index contributed by atoms with van der Waals surface area (Å²) in [5.41, 5.74) is 4.10. The molecule has 0 bridgehead atoms. The van der Waals surface area contributed by atoms with Crippen LogP contribution in [0.15, 0.2) is 48.0 Å². The molecule has 0 saturated carbocycles. The third kappa shape index (κ3) is 5.99. The first-order valence-electron chi connectivity index (χ1n) is 8.29. The fraction of sp³-hybridized carbons (Fsp3) is 0.286. The number of rotatable bonds is 6. The smallest absolute Gasteiger partial charge is 0.308 e. The number of benzene rings is 2. The number of ether oxygens (including phenoxy) is 1. The van der Waals surface area contributed by atoms with Gasteiger partial charge in [-0.05, 0) is 68.0 Å². The summed E-state index contributed by atoms with van der Waals surface area (Å²) in [4.78, 5) is 11.1. The van der Waals surface area contributed by atoms with Crippen molar-refractivity contribution in [2.24, 2.45) is 0 Å². The van der Waals surface area contributed by atoms with Gasteiger partial charge in [0.15, 0.2) is 0 Å². The first kappa shape index (κ1) is 18.6. The minimum absolute atomic E-state index is 0.0729. The molecule has 0 fully saturated rings. The summed E-state index contributed by atoms with van der Waals surface area (Å²) in [6.45, 7) is 5.39. The Morgan fingerprint density at radius 2 is 1.72 bits per heavy atom. The van der Waals surface area contributed by atoms with Crippen LogP contribution in [0.5, 0.6) is 17.2 Å². The average molecular weight is 340 g/mol. The molecule has 0 unspecified atom stereocenters. The molecule has 0 aliphatic heterocycles. The maximum absolute atomic E-state index is 11.1. The number of hydrogen-bond donors (Lipinski definition) is 2. The lowest BCUT2D eigenvalue weighted by Gasteiger charge is -2.09. The van der Waals surface area contributed by atoms with Crippen molar-refractivity contribution in [1.82, 2.24) is 0 Å². The number of hydrogen-bond acceptors (Lipinski definition) is 4. The van der Waals surface area contributed by atoms with Crippen LogP contribution < -0.4 is 4.74 Å². The molecule has 4 nitrogen and oxygen atoms in total. The van der Waals surface area contributed by atoms with Crippen molar-refractivity contribution in [3.63, 3.8) is 0 Å². The monoisotopic (exact) mass is 340 g/mol. The Balaban J connectivity index is 2.11. The molecule has 0 amide bonds. The van der Waals surface area contributed by atoms with Crippen LogP contribution in [0.4, 0.5) is 0 Å². The second-order valence-electron chi connectivity index (χ2n) is 6.38. The zero-order valence-electron chi connectivity index (χ0n) is 14.9. The van der Waals surface area contributed by atoms with Gasteiger partial charge in [0.25, 0.3) is 0 Å². The number of carbonyl (C=O) groups is 1. The van der Waals surface area contributed by atoms with Crippen molar-refractivity contribution in [2.45, 2.75) is 40.0 Å². The van der Waals surface area contributed by atoms with Gasteiger partial charge in [-0.3, -0.25) is 4.79 Å². The molecule has 0 aromatic heterocycles. The van der Waals surface area contributed by atoms with Gasteiger partial charge in [-0.15, -0.1) is 0 Å². The van der Waals surface area contributed by atoms with Gasteiger partial charge in [-0.2, -0.15) is 0 Å². The largest absolute Gasteiger partial charge is 0.508 e. The first-order chi connectivity index (χ1) is 11.8. The number of carbonyl (C=O) groups excluding carboxylic acids is 1. The number of esters is 1. The Morgan fingerprint density at radius 3 is 2.40 bits per heavy atom. The highest BCUT2D eigenvalue weighted by atomic mass is 16.5. The maximum atomic E-state index is 11.1. The normalized spacial score (nSPS) is 10.4. The minimum Gasteiger partial charge on any atom is -0.508 e. The quantitative estimate of drug-likeness (QED) is 0.467. The molecule has 2 rings (SSSR count). The van der Waals surface area contributed by atoms with Crippen LogP contribution in [-0.4, -0.2) is 16.2 Å². The number of aromatic hydroxyl groups is 2. The zero-order chi connectivity index (χ0) is 18.4. The first-order valence-corrected chi connectivity index (χ1v) is 8.29. The molecule has 0 atom stereocenters. The zero-order valence-corrected chi connectivity index (χ0v) is 14.9. The van der Waals surface area contributed by atoms with Gasteiger partial charge in [0.1, 0.15) is 17.2 Å². The van der Waals surface area contributed by atoms with E-state index in [1.54, 1.807) is 18.2 Å². The summed E-state index contributed by atoms with van der Waals surface area (Å²) in [5, 5.41) is 19.8. The molecule has 0 aliphatic rings. The number of phenols is 2. The van der Waals surface area contributed by atoms with E-state index in [0.29, 0.717) is 24.3 Å². The molecule has 25 heavy (non-hydrogen) atoms. The van der Waals surface area contributed by atoms with Crippen LogP contribution in [-0.2, 0) is 24.1 Å². The Morgan fingerprint density at radius 1 is 1.00 bits per heavy atom. The molecule has 0 heterocycles. The fourth-order valence-corrected chi connectivity index (χ4v) is 2.57. The summed E-state index contributed by atoms with van der Waals surface area (Å²) in [6.07, 6.45) is 4.23. The van der Waals surface area contributed by atoms with E-state index in [1.165, 1.54) is 18.6 Å². The second-order valence-corrected chi connectivity index (χ2v) is 6.38. The molecular weight excluding hydrogens is 316 g/mol. The summed E-state index contributed by atoms with van der Waals surface area (Å²) in [5.74, 6) is 0.302. The lowest BCUT2D eigenvalue weighted by atomic mass is 10.00. The van der Waals surface area contributed by atoms with E-state index in [0.717, 1.165) is 23.1 Å². The van der Waals surface area contributed by atoms with Crippen LogP contribution in [0.2, 0.25) is 0 Å². The highest BCUT2D eigenvalue weighted by molar-refractivity contribution is 5.69. The summed E-state index contributed by atoms with van der Waals surface area (Å²) in [6, 6.07) is 10.5. The molecule has 0 saturated heterocycles. The fourth-order valence-electron chi connectivity index (χ4n) is 2.57. The number of phenolic OH excluding ortho intramolecular Hbond substituents is 2. The van der Waals surface area contributed by atoms with Crippen LogP contribution in [0.25, 0.3) is 0 Å². The van der Waals surface area contributed by atoms with E-state index in [1.807, 2.05) is 26.0 Å². The van der Waals surface area contributed by atoms with E-state index in [-0.39, 0.29) is 5.75 Å². The molecule has 0 spiro atoms. The lowest BCUT2D eigenvalue weighted by Crippen LogP contribution is -2.02. The summed E-state index contributed by atoms with van der Waals surface area (Å²) >= 11 is 0. The Labute approximate surface area is 148 Å². The Bertz CT molecular complexity index is 786. The van der Waals surface area contributed by atoms with Gasteiger partial charge in [0, 0.05) is 13.0 Å². The standard InChI is InChI=1S/C21H24O4/c1-14(2)4-8-18-10-16(7-9-21(18)24)5-6-17-11-19(23)13-20(12-17)25-15(3)22/h4,7,9-13,23-24H,5-6,8H2,1-3H3. The number of aryl methyl sites for hydroxylation is 2. The molecule has 0 aliphatic carbocycles. The van der Waals surface area contributed by atoms with Crippen LogP contribution in [0.1, 0.15) is 37.5 Å². The molecule has 132 valence electrons. The Kier molecular flexibility index (Phi) is 6.23. The highest BCUT2D eigenvalue weighted by Gasteiger charge is 2.06. The second kappa shape index (κ2) is 8.38. The van der Waals surface area contributed by atoms with Gasteiger partial charge < -0.3 is 14.9 Å². The minimum atomic E-state index is -0.418. The topological polar surface area (TPSA) is 66.8 Å². The van der Waals surface area contributed by atoms with Gasteiger partial charge in [0.05, 0.1) is 0 Å². The van der Waals surface area contributed by atoms with Crippen molar-refractivity contribution in [3.05, 3.63) is 64.7 Å². The summed E-state index contributed by atoms with van der Waals surface area (Å²) in [7, 11) is 0. The molecular formula is C21H24O4. The maximum Gasteiger partial charge on any atom is 0.308 e. The number of allylic oxidation sites excluding steroid dienone is 2. The van der Waals surface area contributed by atoms with Crippen molar-refractivity contribution in [2.75, 3.05) is 0 Å². The van der Waals surface area contributed by atoms with Gasteiger partial charge in [-0.25, -0.2) is 0 Å². The van der Waals surface area contributed by atoms with E-state index in [9.17, 15) is 15.0 Å².